The summed E-state index contributed by atoms with van der Waals surface area (Å²) in [6.07, 6.45) is 17.6. The third-order valence-corrected chi connectivity index (χ3v) is 9.98. The highest BCUT2D eigenvalue weighted by Gasteiger charge is 2.40. The Kier molecular flexibility index (Phi) is 6.56. The predicted molar refractivity (Wildman–Crippen MR) is 179 cm³/mol. The van der Waals surface area contributed by atoms with Crippen LogP contribution in [-0.4, -0.2) is 12.3 Å². The zero-order valence-corrected chi connectivity index (χ0v) is 25.0. The van der Waals surface area contributed by atoms with Crippen molar-refractivity contribution in [1.29, 1.82) is 0 Å². The van der Waals surface area contributed by atoms with Crippen LogP contribution in [0.25, 0.3) is 27.5 Å². The Hall–Kier alpha value is -4.02. The van der Waals surface area contributed by atoms with Gasteiger partial charge < -0.3 is 0 Å². The standard InChI is InChI=1S/C40H39N3/c1-40(2)34-17-9-8-15-32(34)36-33(16-10-18-35(36)40)39-42-37(28-12-4-3-5-13-28)41-38(43-39)29-22-19-27(20-23-29)31-24-21-26-11-6-7-14-30(26)25-31/h4,6-22,24-25,29,37-39,41-43H,3,5,23H2,1-2H3. The highest BCUT2D eigenvalue weighted by molar-refractivity contribution is 5.88. The summed E-state index contributed by atoms with van der Waals surface area (Å²) >= 11 is 0. The van der Waals surface area contributed by atoms with Crippen molar-refractivity contribution < 1.29 is 0 Å². The molecule has 1 saturated heterocycles. The lowest BCUT2D eigenvalue weighted by atomic mass is 9.82. The first-order valence-electron chi connectivity index (χ1n) is 15.8. The van der Waals surface area contributed by atoms with Gasteiger partial charge in [-0.1, -0.05) is 129 Å². The molecule has 1 heterocycles. The van der Waals surface area contributed by atoms with Gasteiger partial charge in [0, 0.05) is 11.3 Å². The van der Waals surface area contributed by atoms with Crippen LogP contribution >= 0.6 is 0 Å². The van der Waals surface area contributed by atoms with Gasteiger partial charge in [0.15, 0.2) is 0 Å². The molecular weight excluding hydrogens is 522 g/mol. The smallest absolute Gasteiger partial charge is 0.0868 e. The molecule has 0 amide bonds. The molecule has 0 radical (unpaired) electrons. The second kappa shape index (κ2) is 10.6. The first-order valence-corrected chi connectivity index (χ1v) is 15.8. The van der Waals surface area contributed by atoms with E-state index in [-0.39, 0.29) is 23.9 Å². The molecule has 43 heavy (non-hydrogen) atoms. The third-order valence-electron chi connectivity index (χ3n) is 9.98. The van der Waals surface area contributed by atoms with E-state index in [9.17, 15) is 0 Å². The summed E-state index contributed by atoms with van der Waals surface area (Å²) in [6.45, 7) is 4.72. The molecule has 4 unspecified atom stereocenters. The Morgan fingerprint density at radius 3 is 2.35 bits per heavy atom. The van der Waals surface area contributed by atoms with Crippen LogP contribution in [0.15, 0.2) is 127 Å². The number of benzene rings is 4. The summed E-state index contributed by atoms with van der Waals surface area (Å²) in [5, 5.41) is 14.5. The molecule has 4 aromatic rings. The average Bonchev–Trinajstić information content (AvgIpc) is 3.31. The maximum atomic E-state index is 4.02. The van der Waals surface area contributed by atoms with Gasteiger partial charge in [0.05, 0.1) is 18.5 Å². The second-order valence-corrected chi connectivity index (χ2v) is 12.9. The zero-order chi connectivity index (χ0) is 29.0. The van der Waals surface area contributed by atoms with E-state index in [2.05, 4.69) is 151 Å². The van der Waals surface area contributed by atoms with E-state index >= 15 is 0 Å². The molecule has 214 valence electrons. The third kappa shape index (κ3) is 4.64. The minimum absolute atomic E-state index is 0.0155. The van der Waals surface area contributed by atoms with Crippen molar-refractivity contribution in [2.45, 2.75) is 57.0 Å². The summed E-state index contributed by atoms with van der Waals surface area (Å²) in [7, 11) is 0. The van der Waals surface area contributed by atoms with E-state index < -0.39 is 0 Å². The zero-order valence-electron chi connectivity index (χ0n) is 25.0. The van der Waals surface area contributed by atoms with Crippen molar-refractivity contribution in [2.75, 3.05) is 0 Å². The molecule has 4 aliphatic rings. The predicted octanol–water partition coefficient (Wildman–Crippen LogP) is 8.52. The summed E-state index contributed by atoms with van der Waals surface area (Å²) < 4.78 is 0. The average molecular weight is 562 g/mol. The highest BCUT2D eigenvalue weighted by Crippen LogP contribution is 2.50. The monoisotopic (exact) mass is 561 g/mol. The molecule has 0 saturated carbocycles. The van der Waals surface area contributed by atoms with Crippen LogP contribution < -0.4 is 16.0 Å². The quantitative estimate of drug-likeness (QED) is 0.234. The fourth-order valence-electron chi connectivity index (χ4n) is 7.63. The van der Waals surface area contributed by atoms with Gasteiger partial charge in [0.1, 0.15) is 0 Å². The minimum atomic E-state index is -0.0155. The summed E-state index contributed by atoms with van der Waals surface area (Å²) in [6, 6.07) is 31.3. The van der Waals surface area contributed by atoms with Gasteiger partial charge in [-0.3, -0.25) is 16.0 Å². The van der Waals surface area contributed by atoms with Crippen molar-refractivity contribution in [2.24, 2.45) is 5.92 Å². The Balaban J connectivity index is 1.12. The van der Waals surface area contributed by atoms with Crippen molar-refractivity contribution in [3.8, 4) is 11.1 Å². The van der Waals surface area contributed by atoms with Gasteiger partial charge in [-0.25, -0.2) is 0 Å². The maximum Gasteiger partial charge on any atom is 0.0868 e. The number of nitrogens with one attached hydrogen (secondary N) is 3. The Morgan fingerprint density at radius 1 is 0.698 bits per heavy atom. The van der Waals surface area contributed by atoms with E-state index in [4.69, 9.17) is 0 Å². The van der Waals surface area contributed by atoms with Crippen LogP contribution in [0.5, 0.6) is 0 Å². The van der Waals surface area contributed by atoms with E-state index in [0.29, 0.717) is 5.92 Å². The fourth-order valence-corrected chi connectivity index (χ4v) is 7.63. The van der Waals surface area contributed by atoms with E-state index in [1.165, 1.54) is 55.3 Å². The largest absolute Gasteiger partial charge is 0.282 e. The molecule has 3 N–H and O–H groups in total. The molecule has 1 fully saturated rings. The number of allylic oxidation sites excluding steroid dienone is 5. The molecule has 3 aliphatic carbocycles. The second-order valence-electron chi connectivity index (χ2n) is 12.9. The minimum Gasteiger partial charge on any atom is -0.282 e. The lowest BCUT2D eigenvalue weighted by Gasteiger charge is -2.43. The molecular formula is C40H39N3. The van der Waals surface area contributed by atoms with Crippen molar-refractivity contribution in [3.05, 3.63) is 149 Å². The number of fused-ring (bicyclic) bond motifs is 4. The Labute approximate surface area is 255 Å². The van der Waals surface area contributed by atoms with Crippen molar-refractivity contribution in [1.82, 2.24) is 16.0 Å². The van der Waals surface area contributed by atoms with Gasteiger partial charge >= 0.3 is 0 Å². The maximum absolute atomic E-state index is 4.02. The van der Waals surface area contributed by atoms with Crippen LogP contribution in [0.2, 0.25) is 0 Å². The number of hydrogen-bond acceptors (Lipinski definition) is 3. The first-order chi connectivity index (χ1) is 21.1. The molecule has 1 aliphatic heterocycles. The molecule has 8 rings (SSSR count). The Bertz CT molecular complexity index is 1840. The molecule has 0 aromatic heterocycles. The van der Waals surface area contributed by atoms with Crippen molar-refractivity contribution >= 4 is 16.3 Å². The van der Waals surface area contributed by atoms with Crippen LogP contribution in [0.1, 0.15) is 61.5 Å². The first kappa shape index (κ1) is 26.6. The molecule has 0 bridgehead atoms. The molecule has 3 nitrogen and oxygen atoms in total. The normalized spacial score (nSPS) is 25.6. The van der Waals surface area contributed by atoms with Gasteiger partial charge in [0.25, 0.3) is 0 Å². The van der Waals surface area contributed by atoms with Crippen LogP contribution in [-0.2, 0) is 5.41 Å². The lowest BCUT2D eigenvalue weighted by Crippen LogP contribution is -2.65. The molecule has 4 atom stereocenters. The number of hydrogen-bond donors (Lipinski definition) is 3. The summed E-state index contributed by atoms with van der Waals surface area (Å²) in [4.78, 5) is 0. The molecule has 0 spiro atoms. The van der Waals surface area contributed by atoms with Gasteiger partial charge in [-0.15, -0.1) is 0 Å². The van der Waals surface area contributed by atoms with E-state index in [0.717, 1.165) is 19.3 Å². The van der Waals surface area contributed by atoms with E-state index in [1.54, 1.807) is 0 Å². The van der Waals surface area contributed by atoms with Gasteiger partial charge in [-0.2, -0.15) is 0 Å². The van der Waals surface area contributed by atoms with Gasteiger partial charge in [0.2, 0.25) is 0 Å². The highest BCUT2D eigenvalue weighted by atomic mass is 15.4. The van der Waals surface area contributed by atoms with Crippen molar-refractivity contribution in [3.63, 3.8) is 0 Å². The molecule has 4 aromatic carbocycles. The summed E-state index contributed by atoms with van der Waals surface area (Å²) in [5.74, 6) is 0.338. The van der Waals surface area contributed by atoms with Gasteiger partial charge in [-0.05, 0) is 80.6 Å². The fraction of sp³-hybridized carbons (Fsp3) is 0.250. The van der Waals surface area contributed by atoms with Crippen LogP contribution in [0, 0.1) is 5.92 Å². The lowest BCUT2D eigenvalue weighted by molar-refractivity contribution is 0.188. The van der Waals surface area contributed by atoms with Crippen LogP contribution in [0.4, 0.5) is 0 Å². The Morgan fingerprint density at radius 2 is 1.51 bits per heavy atom. The summed E-state index contributed by atoms with van der Waals surface area (Å²) in [5.41, 5.74) is 10.8. The molecule has 3 heteroatoms. The number of rotatable bonds is 4. The topological polar surface area (TPSA) is 36.1 Å². The van der Waals surface area contributed by atoms with E-state index in [1.807, 2.05) is 0 Å². The van der Waals surface area contributed by atoms with Crippen LogP contribution in [0.3, 0.4) is 0 Å². The SMILES string of the molecule is CC1(C)c2ccccc2-c2c(C3NC(C4=CCCC=C4)NC(C4C=CC(c5ccc6ccccc6c5)=CC4)N3)cccc21.